The molecule has 15 rings (SSSR count). The zero-order valence-corrected chi connectivity index (χ0v) is 43.1. The van der Waals surface area contributed by atoms with E-state index in [1.165, 1.54) is 130 Å². The Bertz CT molecular complexity index is 4020. The Morgan fingerprint density at radius 3 is 1.50 bits per heavy atom. The molecule has 11 aromatic rings. The van der Waals surface area contributed by atoms with E-state index in [1.54, 1.807) is 0 Å². The van der Waals surface area contributed by atoms with Gasteiger partial charge in [-0.05, 0) is 187 Å². The number of fused-ring (bicyclic) bond motifs is 6. The third-order valence-corrected chi connectivity index (χ3v) is 18.2. The summed E-state index contributed by atoms with van der Waals surface area (Å²) in [6.45, 7) is 4.80. The van der Waals surface area contributed by atoms with Crippen LogP contribution in [-0.2, 0) is 23.7 Å². The number of para-hydroxylation sites is 2. The van der Waals surface area contributed by atoms with Crippen LogP contribution in [0.3, 0.4) is 0 Å². The predicted molar refractivity (Wildman–Crippen MR) is 318 cm³/mol. The van der Waals surface area contributed by atoms with Crippen LogP contribution in [0.4, 0.5) is 34.1 Å². The Morgan fingerprint density at radius 2 is 0.842 bits per heavy atom. The van der Waals surface area contributed by atoms with E-state index >= 15 is 0 Å². The lowest BCUT2D eigenvalue weighted by Crippen LogP contribution is -2.34. The molecular weight excluding hydrogens is 917 g/mol. The lowest BCUT2D eigenvalue weighted by molar-refractivity contribution is 0.350. The standard InChI is InChI=1S/C74H58N2/c1-73(2)66-29-15-14-28-64(66)65-45-43-61(48-67(65)73)76(59-25-10-5-11-26-59)69-31-17-22-55-47-57-40-39-56-46-54-21-16-30-68(71(54)74(56,57)72(55)69)75(58-23-8-4-9-24-58)60-41-36-52(37-42-60)63-44-38-51-20-12-13-27-62(51)70(63)53-34-32-50(33-35-53)49-18-6-3-7-19-49/h3-38,41-45,48,56-57H,39-40,46-47H2,1-2H3. The van der Waals surface area contributed by atoms with E-state index in [2.05, 4.69) is 278 Å². The fraction of sp³-hybridized carbons (Fsp3) is 0.135. The first kappa shape index (κ1) is 44.7. The van der Waals surface area contributed by atoms with E-state index in [0.717, 1.165) is 18.5 Å². The normalized spacial score (nSPS) is 18.1. The lowest BCUT2D eigenvalue weighted by Gasteiger charge is -2.40. The summed E-state index contributed by atoms with van der Waals surface area (Å²) < 4.78 is 0. The quantitative estimate of drug-likeness (QED) is 0.142. The highest BCUT2D eigenvalue weighted by Crippen LogP contribution is 2.69. The number of hydrogen-bond donors (Lipinski definition) is 0. The van der Waals surface area contributed by atoms with Gasteiger partial charge in [-0.15, -0.1) is 0 Å². The fourth-order valence-corrected chi connectivity index (χ4v) is 14.9. The highest BCUT2D eigenvalue weighted by molar-refractivity contribution is 6.04. The van der Waals surface area contributed by atoms with E-state index in [1.807, 2.05) is 0 Å². The molecule has 0 bridgehead atoms. The third-order valence-electron chi connectivity index (χ3n) is 18.2. The molecule has 1 saturated carbocycles. The molecule has 0 amide bonds. The Kier molecular flexibility index (Phi) is 10.3. The summed E-state index contributed by atoms with van der Waals surface area (Å²) in [5.41, 5.74) is 26.0. The number of hydrogen-bond acceptors (Lipinski definition) is 2. The molecule has 0 aromatic heterocycles. The minimum absolute atomic E-state index is 0.117. The van der Waals surface area contributed by atoms with E-state index in [-0.39, 0.29) is 10.8 Å². The second-order valence-electron chi connectivity index (χ2n) is 22.3. The number of nitrogens with zero attached hydrogens (tertiary/aromatic N) is 2. The SMILES string of the molecule is CC1(C)c2ccccc2-c2ccc(N(c3ccccc3)c3cccc4c3C35c6c(cccc6N(c6ccccc6)c6ccc(-c7ccc8ccccc8c7-c7ccc(-c8ccccc8)cc7)cc6)CC3CCC5C4)cc21. The van der Waals surface area contributed by atoms with Crippen molar-refractivity contribution in [2.24, 2.45) is 11.8 Å². The Morgan fingerprint density at radius 1 is 0.355 bits per heavy atom. The maximum absolute atomic E-state index is 2.61. The highest BCUT2D eigenvalue weighted by atomic mass is 15.2. The Hall–Kier alpha value is -8.72. The molecule has 3 unspecified atom stereocenters. The molecule has 364 valence electrons. The van der Waals surface area contributed by atoms with Crippen LogP contribution in [0, 0.1) is 11.8 Å². The van der Waals surface area contributed by atoms with Gasteiger partial charge in [-0.2, -0.15) is 0 Å². The van der Waals surface area contributed by atoms with E-state index in [0.29, 0.717) is 11.8 Å². The van der Waals surface area contributed by atoms with Crippen molar-refractivity contribution in [3.63, 3.8) is 0 Å². The van der Waals surface area contributed by atoms with E-state index < -0.39 is 0 Å². The van der Waals surface area contributed by atoms with Gasteiger partial charge in [0.1, 0.15) is 0 Å². The molecule has 1 fully saturated rings. The molecule has 3 atom stereocenters. The molecule has 2 nitrogen and oxygen atoms in total. The maximum Gasteiger partial charge on any atom is 0.0505 e. The van der Waals surface area contributed by atoms with Crippen LogP contribution in [0.15, 0.2) is 255 Å². The summed E-state index contributed by atoms with van der Waals surface area (Å²) >= 11 is 0. The highest BCUT2D eigenvalue weighted by Gasteiger charge is 2.62. The van der Waals surface area contributed by atoms with Gasteiger partial charge in [0.15, 0.2) is 0 Å². The molecule has 4 aliphatic carbocycles. The third kappa shape index (κ3) is 6.72. The second-order valence-corrected chi connectivity index (χ2v) is 22.3. The van der Waals surface area contributed by atoms with Crippen LogP contribution in [-0.4, -0.2) is 0 Å². The summed E-state index contributed by atoms with van der Waals surface area (Å²) in [4.78, 5) is 5.19. The molecule has 2 heteroatoms. The summed E-state index contributed by atoms with van der Waals surface area (Å²) in [5.74, 6) is 0.991. The predicted octanol–water partition coefficient (Wildman–Crippen LogP) is 19.5. The number of anilines is 6. The van der Waals surface area contributed by atoms with Gasteiger partial charge in [0.05, 0.1) is 11.4 Å². The van der Waals surface area contributed by atoms with Crippen LogP contribution >= 0.6 is 0 Å². The summed E-state index contributed by atoms with van der Waals surface area (Å²) in [5, 5.41) is 2.50. The summed E-state index contributed by atoms with van der Waals surface area (Å²) in [6.07, 6.45) is 4.63. The van der Waals surface area contributed by atoms with Crippen LogP contribution in [0.2, 0.25) is 0 Å². The molecule has 0 N–H and O–H groups in total. The molecule has 1 spiro atoms. The van der Waals surface area contributed by atoms with Crippen molar-refractivity contribution in [2.45, 2.75) is 50.4 Å². The Labute approximate surface area is 447 Å². The molecule has 76 heavy (non-hydrogen) atoms. The van der Waals surface area contributed by atoms with E-state index in [9.17, 15) is 0 Å². The summed E-state index contributed by atoms with van der Waals surface area (Å²) in [7, 11) is 0. The van der Waals surface area contributed by atoms with Crippen molar-refractivity contribution in [2.75, 3.05) is 9.80 Å². The maximum atomic E-state index is 2.61. The van der Waals surface area contributed by atoms with Crippen LogP contribution < -0.4 is 9.80 Å². The van der Waals surface area contributed by atoms with E-state index in [4.69, 9.17) is 0 Å². The topological polar surface area (TPSA) is 6.48 Å². The van der Waals surface area contributed by atoms with Crippen molar-refractivity contribution in [1.82, 2.24) is 0 Å². The minimum atomic E-state index is -0.167. The van der Waals surface area contributed by atoms with Gasteiger partial charge in [0.2, 0.25) is 0 Å². The molecule has 0 aliphatic heterocycles. The number of rotatable bonds is 9. The van der Waals surface area contributed by atoms with Gasteiger partial charge in [0, 0.05) is 33.6 Å². The van der Waals surface area contributed by atoms with Crippen LogP contribution in [0.1, 0.15) is 60.1 Å². The first-order chi connectivity index (χ1) is 37.4. The van der Waals surface area contributed by atoms with Gasteiger partial charge in [-0.25, -0.2) is 0 Å². The smallest absolute Gasteiger partial charge is 0.0505 e. The molecule has 0 heterocycles. The largest absolute Gasteiger partial charge is 0.310 e. The summed E-state index contributed by atoms with van der Waals surface area (Å²) in [6, 6.07) is 95.8. The average Bonchev–Trinajstić information content (AvgIpc) is 4.24. The molecule has 11 aromatic carbocycles. The van der Waals surface area contributed by atoms with Crippen molar-refractivity contribution in [3.8, 4) is 44.5 Å². The van der Waals surface area contributed by atoms with Crippen molar-refractivity contribution >= 4 is 44.9 Å². The lowest BCUT2D eigenvalue weighted by atomic mass is 9.68. The van der Waals surface area contributed by atoms with Crippen molar-refractivity contribution in [3.05, 3.63) is 288 Å². The Balaban J connectivity index is 0.881. The molecular formula is C74H58N2. The van der Waals surface area contributed by atoms with Gasteiger partial charge in [0.25, 0.3) is 0 Å². The van der Waals surface area contributed by atoms with Crippen LogP contribution in [0.5, 0.6) is 0 Å². The fourth-order valence-electron chi connectivity index (χ4n) is 14.9. The zero-order chi connectivity index (χ0) is 50.5. The van der Waals surface area contributed by atoms with Crippen molar-refractivity contribution < 1.29 is 0 Å². The van der Waals surface area contributed by atoms with Gasteiger partial charge in [-0.1, -0.05) is 208 Å². The first-order valence-electron chi connectivity index (χ1n) is 27.4. The second kappa shape index (κ2) is 17.4. The molecule has 0 saturated heterocycles. The molecule has 4 aliphatic rings. The van der Waals surface area contributed by atoms with Gasteiger partial charge >= 0.3 is 0 Å². The average molecular weight is 975 g/mol. The number of benzene rings is 11. The van der Waals surface area contributed by atoms with Crippen LogP contribution in [0.25, 0.3) is 55.3 Å². The zero-order valence-electron chi connectivity index (χ0n) is 43.1. The monoisotopic (exact) mass is 974 g/mol. The van der Waals surface area contributed by atoms with Crippen molar-refractivity contribution in [1.29, 1.82) is 0 Å². The molecule has 0 radical (unpaired) electrons. The minimum Gasteiger partial charge on any atom is -0.310 e. The van der Waals surface area contributed by atoms with Gasteiger partial charge in [-0.3, -0.25) is 0 Å². The first-order valence-corrected chi connectivity index (χ1v) is 27.4. The van der Waals surface area contributed by atoms with Gasteiger partial charge < -0.3 is 9.80 Å².